The summed E-state index contributed by atoms with van der Waals surface area (Å²) in [4.78, 5) is 20.9. The molecule has 0 atom stereocenters. The van der Waals surface area contributed by atoms with E-state index in [2.05, 4.69) is 0 Å². The average Bonchev–Trinajstić information content (AvgIpc) is 2.07. The molecule has 0 heterocycles. The van der Waals surface area contributed by atoms with Crippen molar-refractivity contribution in [2.45, 2.75) is 0 Å². The molecule has 1 aromatic carbocycles. The van der Waals surface area contributed by atoms with Crippen molar-refractivity contribution < 1.29 is 30.0 Å². The van der Waals surface area contributed by atoms with Crippen LogP contribution in [-0.2, 0) is 0 Å². The van der Waals surface area contributed by atoms with Crippen molar-refractivity contribution in [2.75, 3.05) is 0 Å². The van der Waals surface area contributed by atoms with E-state index in [1.54, 1.807) is 0 Å². The van der Waals surface area contributed by atoms with Gasteiger partial charge in [0.05, 0.1) is 0 Å². The van der Waals surface area contributed by atoms with Crippen LogP contribution in [0, 0.1) is 0 Å². The third kappa shape index (κ3) is 2.65. The molecule has 0 unspecified atom stereocenters. The first kappa shape index (κ1) is 13.4. The van der Waals surface area contributed by atoms with Gasteiger partial charge in [-0.3, -0.25) is 0 Å². The molecule has 0 amide bonds. The second-order valence-corrected chi connectivity index (χ2v) is 2.50. The fourth-order valence-corrected chi connectivity index (χ4v) is 0.919. The second-order valence-electron chi connectivity index (χ2n) is 2.50. The van der Waals surface area contributed by atoms with Crippen molar-refractivity contribution in [2.24, 2.45) is 0 Å². The van der Waals surface area contributed by atoms with Gasteiger partial charge in [0.25, 0.3) is 0 Å². The summed E-state index contributed by atoms with van der Waals surface area (Å²) in [7, 11) is 0. The Morgan fingerprint density at radius 2 is 1.13 bits per heavy atom. The number of hydrogen-bond acceptors (Lipinski definition) is 4. The predicted molar refractivity (Wildman–Crippen MR) is 50.8 cm³/mol. The molecule has 0 saturated carbocycles. The summed E-state index contributed by atoms with van der Waals surface area (Å²) < 4.78 is 0. The van der Waals surface area contributed by atoms with E-state index < -0.39 is 34.6 Å². The maximum absolute atomic E-state index is 10.4. The SMILES string of the molecule is O=C(O)c1cc(O)c(C(=O)O)cc1O.[LiH]. The van der Waals surface area contributed by atoms with Crippen molar-refractivity contribution >= 4 is 30.8 Å². The first-order valence-electron chi connectivity index (χ1n) is 3.46. The molecular weight excluding hydrogens is 199 g/mol. The Morgan fingerprint density at radius 1 is 0.867 bits per heavy atom. The summed E-state index contributed by atoms with van der Waals surface area (Å²) in [5.41, 5.74) is -1.10. The van der Waals surface area contributed by atoms with Crippen LogP contribution in [0.2, 0.25) is 0 Å². The molecule has 0 saturated heterocycles. The number of aromatic hydroxyl groups is 2. The van der Waals surface area contributed by atoms with Crippen molar-refractivity contribution in [1.29, 1.82) is 0 Å². The molecule has 0 fully saturated rings. The zero-order chi connectivity index (χ0) is 10.9. The molecule has 76 valence electrons. The molecule has 0 aromatic heterocycles. The Balaban J connectivity index is 0.00000196. The third-order valence-electron chi connectivity index (χ3n) is 1.57. The van der Waals surface area contributed by atoms with E-state index in [1.807, 2.05) is 0 Å². The van der Waals surface area contributed by atoms with E-state index in [-0.39, 0.29) is 18.9 Å². The summed E-state index contributed by atoms with van der Waals surface area (Å²) in [5, 5.41) is 35.2. The van der Waals surface area contributed by atoms with Crippen LogP contribution in [0.3, 0.4) is 0 Å². The summed E-state index contributed by atoms with van der Waals surface area (Å²) in [6.45, 7) is 0. The maximum atomic E-state index is 10.4. The standard InChI is InChI=1S/C8H6O6.Li.H/c9-5-1-3(7(11)12)6(10)2-4(5)8(13)14;;/h1-2,9-10H,(H,11,12)(H,13,14);;. The number of phenols is 2. The molecule has 0 bridgehead atoms. The number of carboxylic acid groups (broad SMARTS) is 2. The molecule has 4 N–H and O–H groups in total. The molecule has 6 nitrogen and oxygen atoms in total. The molecular formula is C8H7LiO6. The topological polar surface area (TPSA) is 115 Å². The molecule has 0 radical (unpaired) electrons. The van der Waals surface area contributed by atoms with Crippen molar-refractivity contribution in [3.63, 3.8) is 0 Å². The minimum absolute atomic E-state index is 0. The van der Waals surface area contributed by atoms with Crippen molar-refractivity contribution in [3.8, 4) is 11.5 Å². The Kier molecular flexibility index (Phi) is 4.21. The normalized spacial score (nSPS) is 9.07. The summed E-state index contributed by atoms with van der Waals surface area (Å²) >= 11 is 0. The van der Waals surface area contributed by atoms with Crippen LogP contribution in [0.1, 0.15) is 20.7 Å². The third-order valence-corrected chi connectivity index (χ3v) is 1.57. The van der Waals surface area contributed by atoms with E-state index >= 15 is 0 Å². The van der Waals surface area contributed by atoms with Crippen LogP contribution in [0.4, 0.5) is 0 Å². The van der Waals surface area contributed by atoms with Gasteiger partial charge in [0.15, 0.2) is 0 Å². The number of carboxylic acids is 2. The summed E-state index contributed by atoms with van der Waals surface area (Å²) in [6.07, 6.45) is 0. The number of rotatable bonds is 2. The van der Waals surface area contributed by atoms with Gasteiger partial charge in [-0.25, -0.2) is 9.59 Å². The zero-order valence-electron chi connectivity index (χ0n) is 6.76. The zero-order valence-corrected chi connectivity index (χ0v) is 6.76. The van der Waals surface area contributed by atoms with Crippen molar-refractivity contribution in [3.05, 3.63) is 23.3 Å². The van der Waals surface area contributed by atoms with Gasteiger partial charge in [-0.05, 0) is 12.1 Å². The van der Waals surface area contributed by atoms with E-state index in [0.29, 0.717) is 12.1 Å². The number of hydrogen-bond donors (Lipinski definition) is 4. The Hall–Kier alpha value is -1.64. The molecule has 0 aliphatic heterocycles. The van der Waals surface area contributed by atoms with E-state index in [0.717, 1.165) is 0 Å². The van der Waals surface area contributed by atoms with Crippen LogP contribution in [0.5, 0.6) is 11.5 Å². The molecule has 0 spiro atoms. The van der Waals surface area contributed by atoms with Crippen LogP contribution in [-0.4, -0.2) is 51.2 Å². The summed E-state index contributed by atoms with van der Waals surface area (Å²) in [5.74, 6) is -4.30. The monoisotopic (exact) mass is 206 g/mol. The number of carbonyl (C=O) groups is 2. The van der Waals surface area contributed by atoms with Crippen LogP contribution < -0.4 is 0 Å². The molecule has 0 aliphatic rings. The van der Waals surface area contributed by atoms with Crippen molar-refractivity contribution in [1.82, 2.24) is 0 Å². The fraction of sp³-hybridized carbons (Fsp3) is 0. The molecule has 1 aromatic rings. The van der Waals surface area contributed by atoms with Gasteiger partial charge >= 0.3 is 30.8 Å². The van der Waals surface area contributed by atoms with Gasteiger partial charge in [-0.15, -0.1) is 0 Å². The minimum atomic E-state index is -1.45. The Labute approximate surface area is 96.0 Å². The molecule has 1 rings (SSSR count). The van der Waals surface area contributed by atoms with Gasteiger partial charge < -0.3 is 20.4 Å². The van der Waals surface area contributed by atoms with Crippen LogP contribution in [0.25, 0.3) is 0 Å². The molecule has 15 heavy (non-hydrogen) atoms. The van der Waals surface area contributed by atoms with Gasteiger partial charge in [0, 0.05) is 0 Å². The summed E-state index contributed by atoms with van der Waals surface area (Å²) in [6, 6.07) is 1.36. The van der Waals surface area contributed by atoms with E-state index in [4.69, 9.17) is 20.4 Å². The van der Waals surface area contributed by atoms with Gasteiger partial charge in [0.2, 0.25) is 0 Å². The van der Waals surface area contributed by atoms with Crippen LogP contribution >= 0.6 is 0 Å². The van der Waals surface area contributed by atoms with Gasteiger partial charge in [-0.2, -0.15) is 0 Å². The predicted octanol–water partition coefficient (Wildman–Crippen LogP) is -0.154. The number of benzene rings is 1. The first-order valence-corrected chi connectivity index (χ1v) is 3.46. The van der Waals surface area contributed by atoms with E-state index in [1.165, 1.54) is 0 Å². The molecule has 7 heteroatoms. The quantitative estimate of drug-likeness (QED) is 0.395. The van der Waals surface area contributed by atoms with Gasteiger partial charge in [0.1, 0.15) is 22.6 Å². The first-order chi connectivity index (χ1) is 6.43. The van der Waals surface area contributed by atoms with Gasteiger partial charge in [-0.1, -0.05) is 0 Å². The molecule has 0 aliphatic carbocycles. The Morgan fingerprint density at radius 3 is 1.33 bits per heavy atom. The fourth-order valence-electron chi connectivity index (χ4n) is 0.919. The second kappa shape index (κ2) is 4.73. The average molecular weight is 206 g/mol. The Bertz CT molecular complexity index is 374. The van der Waals surface area contributed by atoms with E-state index in [9.17, 15) is 9.59 Å². The number of aromatic carboxylic acids is 2. The van der Waals surface area contributed by atoms with Crippen LogP contribution in [0.15, 0.2) is 12.1 Å².